The molecule has 1 aliphatic rings. The molecule has 0 bridgehead atoms. The van der Waals surface area contributed by atoms with E-state index >= 15 is 0 Å². The van der Waals surface area contributed by atoms with Gasteiger partial charge in [-0.25, -0.2) is 0 Å². The summed E-state index contributed by atoms with van der Waals surface area (Å²) in [6, 6.07) is -0.0219. The lowest BCUT2D eigenvalue weighted by Gasteiger charge is -2.31. The van der Waals surface area contributed by atoms with Gasteiger partial charge in [-0.15, -0.1) is 12.4 Å². The molecular formula is C12H25ClN2O. The molecule has 0 aromatic carbocycles. The summed E-state index contributed by atoms with van der Waals surface area (Å²) in [6.07, 6.45) is 4.70. The van der Waals surface area contributed by atoms with Gasteiger partial charge in [-0.3, -0.25) is 4.79 Å². The van der Waals surface area contributed by atoms with E-state index in [0.717, 1.165) is 24.7 Å². The Balaban J connectivity index is 0.00000225. The zero-order valence-electron chi connectivity index (χ0n) is 10.5. The number of rotatable bonds is 3. The molecule has 16 heavy (non-hydrogen) atoms. The predicted octanol–water partition coefficient (Wildman–Crippen LogP) is 2.09. The van der Waals surface area contributed by atoms with Crippen LogP contribution in [0.15, 0.2) is 0 Å². The fourth-order valence-electron chi connectivity index (χ4n) is 2.26. The highest BCUT2D eigenvalue weighted by atomic mass is 35.5. The van der Waals surface area contributed by atoms with Gasteiger partial charge < -0.3 is 11.1 Å². The topological polar surface area (TPSA) is 55.1 Å². The van der Waals surface area contributed by atoms with E-state index in [1.54, 1.807) is 6.92 Å². The molecule has 3 N–H and O–H groups in total. The van der Waals surface area contributed by atoms with Crippen molar-refractivity contribution < 1.29 is 4.79 Å². The molecule has 0 heterocycles. The highest BCUT2D eigenvalue weighted by Gasteiger charge is 2.24. The van der Waals surface area contributed by atoms with Crippen LogP contribution in [-0.2, 0) is 4.79 Å². The lowest BCUT2D eigenvalue weighted by molar-refractivity contribution is -0.123. The van der Waals surface area contributed by atoms with Crippen molar-refractivity contribution in [3.63, 3.8) is 0 Å². The summed E-state index contributed by atoms with van der Waals surface area (Å²) in [6.45, 7) is 6.30. The van der Waals surface area contributed by atoms with Crippen LogP contribution in [-0.4, -0.2) is 18.0 Å². The molecule has 1 amide bonds. The summed E-state index contributed by atoms with van der Waals surface area (Å²) in [5.74, 6) is 1.60. The second kappa shape index (κ2) is 7.13. The SMILES string of the molecule is CC(N)C(=O)NC1CCC(C(C)C)CC1.Cl. The lowest BCUT2D eigenvalue weighted by atomic mass is 9.79. The summed E-state index contributed by atoms with van der Waals surface area (Å²) in [5.41, 5.74) is 5.52. The second-order valence-corrected chi connectivity index (χ2v) is 5.15. The maximum atomic E-state index is 11.4. The molecule has 3 nitrogen and oxygen atoms in total. The van der Waals surface area contributed by atoms with Crippen molar-refractivity contribution in [2.45, 2.75) is 58.5 Å². The summed E-state index contributed by atoms with van der Waals surface area (Å²) >= 11 is 0. The van der Waals surface area contributed by atoms with Gasteiger partial charge in [0.05, 0.1) is 6.04 Å². The van der Waals surface area contributed by atoms with Gasteiger partial charge >= 0.3 is 0 Å². The molecular weight excluding hydrogens is 224 g/mol. The van der Waals surface area contributed by atoms with Gasteiger partial charge in [-0.05, 0) is 44.4 Å². The Morgan fingerprint density at radius 1 is 1.19 bits per heavy atom. The molecule has 0 spiro atoms. The van der Waals surface area contributed by atoms with Crippen LogP contribution in [0.5, 0.6) is 0 Å². The molecule has 1 saturated carbocycles. The molecule has 1 aliphatic carbocycles. The first-order valence-electron chi connectivity index (χ1n) is 6.06. The first-order valence-corrected chi connectivity index (χ1v) is 6.06. The van der Waals surface area contributed by atoms with Crippen LogP contribution in [0.25, 0.3) is 0 Å². The minimum atomic E-state index is -0.382. The Morgan fingerprint density at radius 2 is 1.69 bits per heavy atom. The smallest absolute Gasteiger partial charge is 0.236 e. The van der Waals surface area contributed by atoms with E-state index in [4.69, 9.17) is 5.73 Å². The van der Waals surface area contributed by atoms with E-state index in [0.29, 0.717) is 6.04 Å². The van der Waals surface area contributed by atoms with Crippen LogP contribution in [0.3, 0.4) is 0 Å². The van der Waals surface area contributed by atoms with E-state index in [1.165, 1.54) is 12.8 Å². The number of nitrogens with one attached hydrogen (secondary N) is 1. The fraction of sp³-hybridized carbons (Fsp3) is 0.917. The monoisotopic (exact) mass is 248 g/mol. The number of hydrogen-bond donors (Lipinski definition) is 2. The molecule has 1 fully saturated rings. The lowest BCUT2D eigenvalue weighted by Crippen LogP contribution is -2.45. The standard InChI is InChI=1S/C12H24N2O.ClH/c1-8(2)10-4-6-11(7-5-10)14-12(15)9(3)13;/h8-11H,4-7,13H2,1-3H3,(H,14,15);1H. The first kappa shape index (κ1) is 15.7. The van der Waals surface area contributed by atoms with Crippen molar-refractivity contribution in [1.82, 2.24) is 5.32 Å². The summed E-state index contributed by atoms with van der Waals surface area (Å²) < 4.78 is 0. The van der Waals surface area contributed by atoms with Gasteiger partial charge in [0.2, 0.25) is 5.91 Å². The van der Waals surface area contributed by atoms with Gasteiger partial charge in [0.25, 0.3) is 0 Å². The van der Waals surface area contributed by atoms with Crippen LogP contribution >= 0.6 is 12.4 Å². The Labute approximate surface area is 105 Å². The van der Waals surface area contributed by atoms with Crippen LogP contribution in [0.2, 0.25) is 0 Å². The molecule has 4 heteroatoms. The Morgan fingerprint density at radius 3 is 2.06 bits per heavy atom. The molecule has 0 aromatic rings. The molecule has 0 aromatic heterocycles. The average Bonchev–Trinajstić information content (AvgIpc) is 2.18. The maximum absolute atomic E-state index is 11.4. The van der Waals surface area contributed by atoms with E-state index < -0.39 is 0 Å². The third-order valence-corrected chi connectivity index (χ3v) is 3.47. The Hall–Kier alpha value is -0.280. The Bertz CT molecular complexity index is 211. The van der Waals surface area contributed by atoms with Crippen LogP contribution in [0, 0.1) is 11.8 Å². The third kappa shape index (κ3) is 4.71. The molecule has 0 aliphatic heterocycles. The van der Waals surface area contributed by atoms with Gasteiger partial charge in [0, 0.05) is 6.04 Å². The van der Waals surface area contributed by atoms with Crippen LogP contribution in [0.4, 0.5) is 0 Å². The highest BCUT2D eigenvalue weighted by molar-refractivity contribution is 5.85. The van der Waals surface area contributed by atoms with Crippen LogP contribution < -0.4 is 11.1 Å². The summed E-state index contributed by atoms with van der Waals surface area (Å²) in [7, 11) is 0. The normalized spacial score (nSPS) is 27.1. The minimum absolute atomic E-state index is 0. The predicted molar refractivity (Wildman–Crippen MR) is 69.6 cm³/mol. The van der Waals surface area contributed by atoms with Gasteiger partial charge in [-0.2, -0.15) is 0 Å². The maximum Gasteiger partial charge on any atom is 0.236 e. The van der Waals surface area contributed by atoms with E-state index in [9.17, 15) is 4.79 Å². The number of amides is 1. The van der Waals surface area contributed by atoms with Crippen molar-refractivity contribution in [3.8, 4) is 0 Å². The number of carbonyl (C=O) groups is 1. The average molecular weight is 249 g/mol. The minimum Gasteiger partial charge on any atom is -0.352 e. The molecule has 0 saturated heterocycles. The van der Waals surface area contributed by atoms with Gasteiger partial charge in [-0.1, -0.05) is 13.8 Å². The van der Waals surface area contributed by atoms with E-state index in [2.05, 4.69) is 19.2 Å². The number of hydrogen-bond acceptors (Lipinski definition) is 2. The van der Waals surface area contributed by atoms with E-state index in [1.807, 2.05) is 0 Å². The van der Waals surface area contributed by atoms with Gasteiger partial charge in [0.1, 0.15) is 0 Å². The van der Waals surface area contributed by atoms with Crippen molar-refractivity contribution in [1.29, 1.82) is 0 Å². The molecule has 1 atom stereocenters. The highest BCUT2D eigenvalue weighted by Crippen LogP contribution is 2.29. The fourth-order valence-corrected chi connectivity index (χ4v) is 2.26. The van der Waals surface area contributed by atoms with Gasteiger partial charge in [0.15, 0.2) is 0 Å². The second-order valence-electron chi connectivity index (χ2n) is 5.15. The number of carbonyl (C=O) groups excluding carboxylic acids is 1. The molecule has 0 radical (unpaired) electrons. The van der Waals surface area contributed by atoms with Crippen molar-refractivity contribution in [2.24, 2.45) is 17.6 Å². The van der Waals surface area contributed by atoms with Crippen molar-refractivity contribution >= 4 is 18.3 Å². The first-order chi connectivity index (χ1) is 7.00. The van der Waals surface area contributed by atoms with Crippen molar-refractivity contribution in [3.05, 3.63) is 0 Å². The summed E-state index contributed by atoms with van der Waals surface area (Å²) in [4.78, 5) is 11.4. The zero-order valence-corrected chi connectivity index (χ0v) is 11.3. The third-order valence-electron chi connectivity index (χ3n) is 3.47. The molecule has 1 unspecified atom stereocenters. The summed E-state index contributed by atoms with van der Waals surface area (Å²) in [5, 5.41) is 3.01. The number of nitrogens with two attached hydrogens (primary N) is 1. The largest absolute Gasteiger partial charge is 0.352 e. The zero-order chi connectivity index (χ0) is 11.4. The Kier molecular flexibility index (Phi) is 7.00. The molecule has 1 rings (SSSR count). The van der Waals surface area contributed by atoms with Crippen molar-refractivity contribution in [2.75, 3.05) is 0 Å². The van der Waals surface area contributed by atoms with Crippen LogP contribution in [0.1, 0.15) is 46.5 Å². The quantitative estimate of drug-likeness (QED) is 0.804. The molecule has 96 valence electrons. The van der Waals surface area contributed by atoms with E-state index in [-0.39, 0.29) is 24.4 Å². The number of halogens is 1.